The van der Waals surface area contributed by atoms with Crippen LogP contribution in [0.3, 0.4) is 0 Å². The zero-order chi connectivity index (χ0) is 13.0. The highest BCUT2D eigenvalue weighted by Crippen LogP contribution is 2.16. The highest BCUT2D eigenvalue weighted by Gasteiger charge is 2.04. The third kappa shape index (κ3) is 3.68. The minimum absolute atomic E-state index is 0.370. The monoisotopic (exact) mass is 307 g/mol. The van der Waals surface area contributed by atoms with Crippen molar-refractivity contribution in [3.8, 4) is 0 Å². The molecular formula is C14H18BrN3. The van der Waals surface area contributed by atoms with Crippen LogP contribution in [0.4, 0.5) is 0 Å². The van der Waals surface area contributed by atoms with E-state index in [1.807, 2.05) is 17.9 Å². The van der Waals surface area contributed by atoms with Gasteiger partial charge in [0.1, 0.15) is 0 Å². The molecule has 96 valence electrons. The van der Waals surface area contributed by atoms with Crippen molar-refractivity contribution < 1.29 is 0 Å². The number of halogens is 1. The lowest BCUT2D eigenvalue weighted by atomic mass is 10.1. The summed E-state index contributed by atoms with van der Waals surface area (Å²) in [6, 6.07) is 8.82. The van der Waals surface area contributed by atoms with E-state index < -0.39 is 0 Å². The molecule has 2 rings (SSSR count). The molecule has 1 atom stereocenters. The van der Waals surface area contributed by atoms with E-state index in [0.717, 1.165) is 17.4 Å². The zero-order valence-electron chi connectivity index (χ0n) is 10.7. The summed E-state index contributed by atoms with van der Waals surface area (Å²) in [5.41, 5.74) is 2.58. The van der Waals surface area contributed by atoms with Gasteiger partial charge in [0.25, 0.3) is 0 Å². The Bertz CT molecular complexity index is 490. The smallest absolute Gasteiger partial charge is 0.0522 e. The molecule has 1 N–H and O–H groups in total. The Balaban J connectivity index is 1.81. The van der Waals surface area contributed by atoms with Gasteiger partial charge in [0, 0.05) is 23.8 Å². The molecule has 0 aliphatic heterocycles. The first kappa shape index (κ1) is 13.3. The first-order valence-electron chi connectivity index (χ1n) is 6.11. The van der Waals surface area contributed by atoms with Gasteiger partial charge in [-0.05, 0) is 43.1 Å². The molecule has 0 unspecified atom stereocenters. The molecule has 0 fully saturated rings. The van der Waals surface area contributed by atoms with Crippen molar-refractivity contribution in [1.82, 2.24) is 15.1 Å². The summed E-state index contributed by atoms with van der Waals surface area (Å²) in [4.78, 5) is 0. The van der Waals surface area contributed by atoms with Crippen LogP contribution >= 0.6 is 15.9 Å². The number of aromatic nitrogens is 2. The molecule has 1 aromatic carbocycles. The van der Waals surface area contributed by atoms with Crippen LogP contribution in [-0.2, 0) is 13.5 Å². The standard InChI is InChI=1S/C14H18BrN3/c1-11(13-3-5-14(15)6-4-13)16-8-7-12-9-17-18(2)10-12/h3-6,9-11,16H,7-8H2,1-2H3/t11-/m1/s1. The summed E-state index contributed by atoms with van der Waals surface area (Å²) in [7, 11) is 1.95. The second kappa shape index (κ2) is 6.16. The van der Waals surface area contributed by atoms with Gasteiger partial charge in [0.2, 0.25) is 0 Å². The van der Waals surface area contributed by atoms with E-state index in [4.69, 9.17) is 0 Å². The molecule has 0 amide bonds. The highest BCUT2D eigenvalue weighted by molar-refractivity contribution is 9.10. The molecule has 18 heavy (non-hydrogen) atoms. The van der Waals surface area contributed by atoms with Gasteiger partial charge >= 0.3 is 0 Å². The van der Waals surface area contributed by atoms with Crippen LogP contribution in [0.2, 0.25) is 0 Å². The van der Waals surface area contributed by atoms with E-state index in [0.29, 0.717) is 6.04 Å². The zero-order valence-corrected chi connectivity index (χ0v) is 12.3. The topological polar surface area (TPSA) is 29.9 Å². The van der Waals surface area contributed by atoms with Crippen LogP contribution < -0.4 is 5.32 Å². The van der Waals surface area contributed by atoms with Crippen LogP contribution in [0.15, 0.2) is 41.1 Å². The molecule has 0 saturated carbocycles. The average molecular weight is 308 g/mol. The maximum Gasteiger partial charge on any atom is 0.0522 e. The Morgan fingerprint density at radius 2 is 2.06 bits per heavy atom. The van der Waals surface area contributed by atoms with E-state index in [-0.39, 0.29) is 0 Å². The number of benzene rings is 1. The SMILES string of the molecule is C[C@@H](NCCc1cnn(C)c1)c1ccc(Br)cc1. The molecule has 1 heterocycles. The van der Waals surface area contributed by atoms with Crippen LogP contribution in [0.25, 0.3) is 0 Å². The summed E-state index contributed by atoms with van der Waals surface area (Å²) in [5.74, 6) is 0. The van der Waals surface area contributed by atoms with E-state index in [1.54, 1.807) is 0 Å². The largest absolute Gasteiger partial charge is 0.310 e. The van der Waals surface area contributed by atoms with Gasteiger partial charge in [-0.25, -0.2) is 0 Å². The van der Waals surface area contributed by atoms with Gasteiger partial charge < -0.3 is 5.32 Å². The second-order valence-electron chi connectivity index (χ2n) is 4.50. The van der Waals surface area contributed by atoms with Crippen LogP contribution in [0.1, 0.15) is 24.1 Å². The summed E-state index contributed by atoms with van der Waals surface area (Å²) in [5, 5.41) is 7.69. The minimum atomic E-state index is 0.370. The Morgan fingerprint density at radius 1 is 1.33 bits per heavy atom. The van der Waals surface area contributed by atoms with Crippen molar-refractivity contribution in [2.24, 2.45) is 7.05 Å². The lowest BCUT2D eigenvalue weighted by Gasteiger charge is -2.13. The van der Waals surface area contributed by atoms with Gasteiger partial charge in [-0.3, -0.25) is 4.68 Å². The van der Waals surface area contributed by atoms with Crippen molar-refractivity contribution in [3.63, 3.8) is 0 Å². The number of nitrogens with one attached hydrogen (secondary N) is 1. The molecule has 0 bridgehead atoms. The summed E-state index contributed by atoms with van der Waals surface area (Å²) in [6.07, 6.45) is 4.99. The number of hydrogen-bond donors (Lipinski definition) is 1. The van der Waals surface area contributed by atoms with Gasteiger partial charge in [-0.1, -0.05) is 28.1 Å². The average Bonchev–Trinajstić information content (AvgIpc) is 2.76. The summed E-state index contributed by atoms with van der Waals surface area (Å²) >= 11 is 3.45. The molecule has 4 heteroatoms. The van der Waals surface area contributed by atoms with Crippen molar-refractivity contribution in [2.75, 3.05) is 6.54 Å². The van der Waals surface area contributed by atoms with Gasteiger partial charge in [-0.15, -0.1) is 0 Å². The van der Waals surface area contributed by atoms with Gasteiger partial charge in [0.05, 0.1) is 6.20 Å². The van der Waals surface area contributed by atoms with Crippen molar-refractivity contribution >= 4 is 15.9 Å². The molecule has 0 saturated heterocycles. The predicted molar refractivity (Wildman–Crippen MR) is 77.5 cm³/mol. The van der Waals surface area contributed by atoms with Crippen LogP contribution in [-0.4, -0.2) is 16.3 Å². The lowest BCUT2D eigenvalue weighted by Crippen LogP contribution is -2.21. The number of hydrogen-bond acceptors (Lipinski definition) is 2. The van der Waals surface area contributed by atoms with Gasteiger partial charge in [0.15, 0.2) is 0 Å². The van der Waals surface area contributed by atoms with Crippen molar-refractivity contribution in [2.45, 2.75) is 19.4 Å². The third-order valence-corrected chi connectivity index (χ3v) is 3.52. The fourth-order valence-corrected chi connectivity index (χ4v) is 2.17. The first-order valence-corrected chi connectivity index (χ1v) is 6.91. The lowest BCUT2D eigenvalue weighted by molar-refractivity contribution is 0.576. The maximum absolute atomic E-state index is 4.17. The highest BCUT2D eigenvalue weighted by atomic mass is 79.9. The summed E-state index contributed by atoms with van der Waals surface area (Å²) in [6.45, 7) is 3.15. The van der Waals surface area contributed by atoms with Gasteiger partial charge in [-0.2, -0.15) is 5.10 Å². The van der Waals surface area contributed by atoms with Crippen molar-refractivity contribution in [1.29, 1.82) is 0 Å². The fraction of sp³-hybridized carbons (Fsp3) is 0.357. The Hall–Kier alpha value is -1.13. The van der Waals surface area contributed by atoms with Crippen LogP contribution in [0.5, 0.6) is 0 Å². The van der Waals surface area contributed by atoms with Crippen LogP contribution in [0, 0.1) is 0 Å². The van der Waals surface area contributed by atoms with E-state index in [1.165, 1.54) is 11.1 Å². The quantitative estimate of drug-likeness (QED) is 0.920. The Kier molecular flexibility index (Phi) is 4.55. The molecule has 1 aromatic heterocycles. The Labute approximate surface area is 116 Å². The normalized spacial score (nSPS) is 12.6. The molecule has 3 nitrogen and oxygen atoms in total. The molecule has 2 aromatic rings. The number of nitrogens with zero attached hydrogens (tertiary/aromatic N) is 2. The molecule has 0 aliphatic carbocycles. The van der Waals surface area contributed by atoms with Crippen molar-refractivity contribution in [3.05, 3.63) is 52.3 Å². The van der Waals surface area contributed by atoms with E-state index in [2.05, 4.69) is 63.7 Å². The molecule has 0 aliphatic rings. The predicted octanol–water partition coefficient (Wildman–Crippen LogP) is 3.08. The Morgan fingerprint density at radius 3 is 2.67 bits per heavy atom. The maximum atomic E-state index is 4.17. The third-order valence-electron chi connectivity index (χ3n) is 2.99. The van der Waals surface area contributed by atoms with E-state index >= 15 is 0 Å². The molecular weight excluding hydrogens is 290 g/mol. The molecule has 0 radical (unpaired) electrons. The summed E-state index contributed by atoms with van der Waals surface area (Å²) < 4.78 is 2.96. The second-order valence-corrected chi connectivity index (χ2v) is 5.42. The fourth-order valence-electron chi connectivity index (χ4n) is 1.90. The van der Waals surface area contributed by atoms with E-state index in [9.17, 15) is 0 Å². The number of rotatable bonds is 5. The minimum Gasteiger partial charge on any atom is -0.310 e. The number of aryl methyl sites for hydroxylation is 1. The first-order chi connectivity index (χ1) is 8.65. The molecule has 0 spiro atoms.